The molecule has 14 nitrogen and oxygen atoms in total. The Morgan fingerprint density at radius 3 is 0.989 bits per heavy atom. The van der Waals surface area contributed by atoms with Crippen LogP contribution >= 0.6 is 0 Å². The molecule has 4 heterocycles. The fourth-order valence-electron chi connectivity index (χ4n) is 9.99. The number of aromatic amines is 4. The number of carbonyl (C=O) groups is 1. The number of benzene rings is 4. The van der Waals surface area contributed by atoms with Crippen molar-refractivity contribution in [1.82, 2.24) is 19.9 Å². The molecule has 472 valence electrons. The average Bonchev–Trinajstić information content (AvgIpc) is 3.37. The Balaban J connectivity index is 0.000000596. The number of ketones is 1. The van der Waals surface area contributed by atoms with E-state index in [0.29, 0.717) is 59.9 Å². The van der Waals surface area contributed by atoms with Crippen molar-refractivity contribution < 1.29 is 84.3 Å². The largest absolute Gasteiger partial charge is 1.00 e. The van der Waals surface area contributed by atoms with Gasteiger partial charge in [0.1, 0.15) is 5.78 Å². The Labute approximate surface area is 512 Å². The van der Waals surface area contributed by atoms with Gasteiger partial charge in [-0.15, -0.1) is 6.58 Å². The number of fused-ring (bicyclic) bond motifs is 4. The molecule has 0 aliphatic rings. The van der Waals surface area contributed by atoms with E-state index in [1.54, 1.807) is 19.9 Å². The minimum atomic E-state index is -4.60. The summed E-state index contributed by atoms with van der Waals surface area (Å²) in [5.74, 6) is -0.00365. The van der Waals surface area contributed by atoms with E-state index < -0.39 is 85.9 Å². The number of halogens is 12. The topological polar surface area (TPSA) is 231 Å². The van der Waals surface area contributed by atoms with E-state index in [-0.39, 0.29) is 90.5 Å². The molecule has 0 aliphatic heterocycles. The third-order valence-electron chi connectivity index (χ3n) is 12.4. The van der Waals surface area contributed by atoms with E-state index in [1.165, 1.54) is 73.7 Å². The summed E-state index contributed by atoms with van der Waals surface area (Å²) in [6, 6.07) is 19.2. The van der Waals surface area contributed by atoms with Crippen LogP contribution in [0.3, 0.4) is 0 Å². The number of hydrogen-bond acceptors (Lipinski definition) is 10. The van der Waals surface area contributed by atoms with Crippen molar-refractivity contribution in [3.05, 3.63) is 180 Å². The van der Waals surface area contributed by atoms with Crippen LogP contribution in [0.1, 0.15) is 114 Å². The Morgan fingerprint density at radius 2 is 0.727 bits per heavy atom. The van der Waals surface area contributed by atoms with E-state index >= 15 is 0 Å². The van der Waals surface area contributed by atoms with Crippen LogP contribution in [-0.4, -0.2) is 53.0 Å². The first-order chi connectivity index (χ1) is 39.1. The van der Waals surface area contributed by atoms with Crippen LogP contribution in [0, 0.1) is 7.43 Å². The molecule has 0 fully saturated rings. The Hall–Kier alpha value is -7.95. The van der Waals surface area contributed by atoms with Gasteiger partial charge in [0.05, 0.1) is 49.9 Å². The molecule has 0 amide bonds. The minimum Gasteiger partial charge on any atom is -0.399 e. The maximum atomic E-state index is 13.1. The van der Waals surface area contributed by atoms with Gasteiger partial charge in [-0.05, 0) is 131 Å². The van der Waals surface area contributed by atoms with Crippen molar-refractivity contribution in [2.24, 2.45) is 0 Å². The molecule has 0 spiro atoms. The summed E-state index contributed by atoms with van der Waals surface area (Å²) in [7, 11) is 0. The van der Waals surface area contributed by atoms with Crippen LogP contribution in [0.4, 0.5) is 75.4 Å². The zero-order valence-corrected chi connectivity index (χ0v) is 50.2. The third-order valence-corrected chi connectivity index (χ3v) is 12.4. The van der Waals surface area contributed by atoms with Crippen LogP contribution in [0.25, 0.3) is 43.6 Å². The van der Waals surface area contributed by atoms with Crippen molar-refractivity contribution in [3.63, 3.8) is 0 Å². The molecule has 4 aromatic carbocycles. The van der Waals surface area contributed by atoms with Crippen molar-refractivity contribution in [2.45, 2.75) is 135 Å². The van der Waals surface area contributed by atoms with Crippen molar-refractivity contribution >= 4 is 72.1 Å². The van der Waals surface area contributed by atoms with E-state index in [2.05, 4.69) is 42.5 Å². The quantitative estimate of drug-likeness (QED) is 0.0185. The Morgan fingerprint density at radius 1 is 0.466 bits per heavy atom. The number of Topliss-reactive ketones (excluding diaryl/α,β-unsaturated/α-hetero) is 1. The maximum absolute atomic E-state index is 13.1. The van der Waals surface area contributed by atoms with Crippen LogP contribution in [0.5, 0.6) is 0 Å². The number of nitrogen functional groups attached to an aromatic ring is 1. The molecule has 0 unspecified atom stereocenters. The summed E-state index contributed by atoms with van der Waals surface area (Å²) < 4.78 is 155. The van der Waals surface area contributed by atoms with E-state index in [9.17, 15) is 81.8 Å². The molecule has 0 atom stereocenters. The fraction of sp³-hybridized carbons (Fsp3) is 0.344. The number of anilines is 4. The number of alkyl halides is 12. The van der Waals surface area contributed by atoms with Gasteiger partial charge in [-0.1, -0.05) is 29.8 Å². The summed E-state index contributed by atoms with van der Waals surface area (Å²) in [4.78, 5) is 66.4. The predicted octanol–water partition coefficient (Wildman–Crippen LogP) is 12.1. The van der Waals surface area contributed by atoms with Crippen LogP contribution in [0.15, 0.2) is 128 Å². The van der Waals surface area contributed by atoms with Gasteiger partial charge in [-0.25, -0.2) is 0 Å². The molecular weight excluding hydrogens is 1180 g/mol. The van der Waals surface area contributed by atoms with Gasteiger partial charge in [0, 0.05) is 91.6 Å². The SMILES string of the molecule is C=C(C)CC(C)(C)Nc1ccc2c(C(F)(F)F)cc(=O)[nH]c2c1.CC(=O)CC(C)(C)Nc1ccc2c(C(F)(F)F)cc(=O)[nH]c2c1.CC(C)(O)CC(C)(C)Nc1ccc2c(C(F)(F)F)cc(=O)[nH]c2c1.Nc1ccc2c(C(F)(F)F)cc(=O)[nH]c2c1.[CH3-].[H+].[H+].[Li+]. The molecule has 0 saturated heterocycles. The van der Waals surface area contributed by atoms with Crippen molar-refractivity contribution in [2.75, 3.05) is 21.7 Å². The summed E-state index contributed by atoms with van der Waals surface area (Å²) >= 11 is 0. The van der Waals surface area contributed by atoms with E-state index in [0.717, 1.165) is 5.57 Å². The first kappa shape index (κ1) is 74.3. The summed E-state index contributed by atoms with van der Waals surface area (Å²) in [6.45, 7) is 22.0. The molecular formula is C61H69F12LiN8O6+2. The Kier molecular flexibility index (Phi) is 23.3. The molecule has 88 heavy (non-hydrogen) atoms. The normalized spacial score (nSPS) is 12.3. The van der Waals surface area contributed by atoms with Gasteiger partial charge in [0.25, 0.3) is 0 Å². The van der Waals surface area contributed by atoms with E-state index in [4.69, 9.17) is 5.73 Å². The number of aliphatic hydroxyl groups is 1. The third kappa shape index (κ3) is 21.4. The number of nitrogens with two attached hydrogens (primary N) is 1. The van der Waals surface area contributed by atoms with Gasteiger partial charge < -0.3 is 54.2 Å². The molecule has 0 radical (unpaired) electrons. The number of hydrogen-bond donors (Lipinski definition) is 9. The van der Waals surface area contributed by atoms with Crippen molar-refractivity contribution in [1.29, 1.82) is 0 Å². The Bertz CT molecular complexity index is 3940. The van der Waals surface area contributed by atoms with Gasteiger partial charge in [-0.3, -0.25) is 24.0 Å². The minimum absolute atomic E-state index is 0. The second-order valence-electron chi connectivity index (χ2n) is 23.3. The van der Waals surface area contributed by atoms with Gasteiger partial charge in [0.15, 0.2) is 0 Å². The molecule has 10 N–H and O–H groups in total. The van der Waals surface area contributed by atoms with Crippen molar-refractivity contribution in [3.8, 4) is 0 Å². The number of nitrogens with one attached hydrogen (secondary N) is 7. The second kappa shape index (κ2) is 27.6. The molecule has 27 heteroatoms. The smallest absolute Gasteiger partial charge is 0.399 e. The predicted molar refractivity (Wildman–Crippen MR) is 320 cm³/mol. The average molecular weight is 1250 g/mol. The maximum Gasteiger partial charge on any atom is 1.00 e. The van der Waals surface area contributed by atoms with Crippen LogP contribution in [0.2, 0.25) is 0 Å². The summed E-state index contributed by atoms with van der Waals surface area (Å²) in [6.07, 6.45) is -16.9. The molecule has 8 aromatic rings. The first-order valence-electron chi connectivity index (χ1n) is 26.0. The van der Waals surface area contributed by atoms with Gasteiger partial charge >= 0.3 is 46.4 Å². The molecule has 0 aliphatic carbocycles. The zero-order chi connectivity index (χ0) is 65.1. The van der Waals surface area contributed by atoms with Gasteiger partial charge in [0.2, 0.25) is 22.2 Å². The molecule has 0 bridgehead atoms. The first-order valence-corrected chi connectivity index (χ1v) is 26.0. The monoisotopic (exact) mass is 1240 g/mol. The number of H-pyrrole nitrogens is 4. The van der Waals surface area contributed by atoms with Crippen LogP contribution < -0.4 is 62.8 Å². The molecule has 0 saturated carbocycles. The second-order valence-corrected chi connectivity index (χ2v) is 23.3. The zero-order valence-electron chi connectivity index (χ0n) is 52.2. The standard InChI is InChI=1S/C17H21F3N2O2.C17H19F3N2O.C16H17F3N2O2.C10H7F3N2O.CH3.Li/c1-15(2,9-16(3,4)24)22-10-5-6-11-12(17(18,19)20)8-14(23)21-13(11)7-10;1-10(2)9-16(3,4)22-11-5-6-12-13(17(18,19)20)8-15(23)21-14(12)7-11;1-9(22)8-15(2,3)21-10-4-5-11-12(16(17,18)19)7-14(23)20-13(11)6-10;11-10(12,13)7-4-9(16)15-8-3-5(14)1-2-6(7)8;;/h5-8,22,24H,9H2,1-4H3,(H,21,23);5-8,22H,1,9H2,2-4H3,(H,21,23);4-7,21H,8H2,1-3H3,(H,20,23);1-4H,14H2,(H,15,16);1H3;/q;;;;-1;+1/p+2. The molecule has 8 rings (SSSR count). The van der Waals surface area contributed by atoms with E-state index in [1.807, 2.05) is 48.5 Å². The fourth-order valence-corrected chi connectivity index (χ4v) is 9.99. The van der Waals surface area contributed by atoms with Gasteiger partial charge in [-0.2, -0.15) is 52.7 Å². The summed E-state index contributed by atoms with van der Waals surface area (Å²) in [5, 5.41) is 19.3. The number of aromatic nitrogens is 4. The number of carbonyl (C=O) groups excluding carboxylic acids is 1. The molecule has 4 aromatic heterocycles. The number of rotatable bonds is 12. The number of pyridine rings is 4. The summed E-state index contributed by atoms with van der Waals surface area (Å²) in [5.41, 5.74) is -0.358. The van der Waals surface area contributed by atoms with Crippen LogP contribution in [-0.2, 0) is 29.5 Å².